The maximum absolute atomic E-state index is 14.2. The van der Waals surface area contributed by atoms with E-state index in [2.05, 4.69) is 21.3 Å². The van der Waals surface area contributed by atoms with Crippen LogP contribution in [-0.2, 0) is 33.5 Å². The molecule has 2 fully saturated rings. The number of amides is 6. The number of hydrogen-bond acceptors (Lipinski definition) is 8. The molecule has 14 heteroatoms. The Morgan fingerprint density at radius 1 is 0.923 bits per heavy atom. The third-order valence-electron chi connectivity index (χ3n) is 9.63. The fourth-order valence-corrected chi connectivity index (χ4v) is 6.82. The molecule has 4 N–H and O–H groups in total. The normalized spacial score (nSPS) is 20.8. The highest BCUT2D eigenvalue weighted by atomic mass is 16.6. The van der Waals surface area contributed by atoms with E-state index in [0.717, 1.165) is 0 Å². The summed E-state index contributed by atoms with van der Waals surface area (Å²) in [6, 6.07) is 4.42. The van der Waals surface area contributed by atoms with Crippen LogP contribution in [0.15, 0.2) is 30.3 Å². The van der Waals surface area contributed by atoms with Crippen LogP contribution < -0.4 is 21.3 Å². The van der Waals surface area contributed by atoms with Crippen molar-refractivity contribution in [2.45, 2.75) is 105 Å². The van der Waals surface area contributed by atoms with Crippen molar-refractivity contribution in [3.8, 4) is 0 Å². The summed E-state index contributed by atoms with van der Waals surface area (Å²) < 4.78 is 5.43. The van der Waals surface area contributed by atoms with E-state index in [1.165, 1.54) is 9.80 Å². The molecule has 6 amide bonds. The average molecular weight is 728 g/mol. The van der Waals surface area contributed by atoms with Gasteiger partial charge in [0.15, 0.2) is 0 Å². The Bertz CT molecular complexity index is 1530. The number of fused-ring (bicyclic) bond motifs is 1. The summed E-state index contributed by atoms with van der Waals surface area (Å²) in [4.78, 5) is 96.3. The Labute approximate surface area is 307 Å². The highest BCUT2D eigenvalue weighted by molar-refractivity contribution is 6.38. The van der Waals surface area contributed by atoms with Gasteiger partial charge in [0.1, 0.15) is 23.7 Å². The first kappa shape index (κ1) is 41.9. The number of likely N-dealkylation sites (tertiary alicyclic amines) is 1. The summed E-state index contributed by atoms with van der Waals surface area (Å²) in [6.45, 7) is 18.0. The molecule has 1 aromatic rings. The molecule has 0 aromatic heterocycles. The largest absolute Gasteiger partial charge is 0.444 e. The SMILES string of the molecule is CC(C)CC(NC(=O)[C@@H]1[C@@H]2[C@H](CN1C(=O)[C@@H](NC(=O)OC(C)(C)C)C(C)(C)C)C2(C)C)[13C](=O)C(=O)NCC(=O)N[C@H](C(=O)N(C)C)c1ccccc1. The number of rotatable bonds is 13. The lowest BCUT2D eigenvalue weighted by Crippen LogP contribution is -2.61. The zero-order chi connectivity index (χ0) is 39.5. The standard InChI is InChI=1S/C38H58N6O8/c1-21(2)18-24(29(46)32(48)39-19-25(45)41-27(33(49)43(11)12)22-16-14-13-15-17-22)40-31(47)28-26-23(38(26,9)10)20-44(28)34(50)30(36(3,4)5)42-35(51)52-37(6,7)8/h13-17,21,23-24,26-28,30H,18-20H2,1-12H3,(H,39,48)(H,40,47)(H,41,45)(H,42,51)/t23-,24?,26-,27-,28-,30+/m0/s1/i29+1. The minimum atomic E-state index is -1.24. The third-order valence-corrected chi connectivity index (χ3v) is 9.63. The molecule has 0 bridgehead atoms. The topological polar surface area (TPSA) is 183 Å². The minimum Gasteiger partial charge on any atom is -0.444 e. The number of hydrogen-bond donors (Lipinski definition) is 4. The third kappa shape index (κ3) is 10.3. The van der Waals surface area contributed by atoms with Crippen LogP contribution in [-0.4, -0.2) is 102 Å². The van der Waals surface area contributed by atoms with E-state index in [4.69, 9.17) is 4.74 Å². The summed E-state index contributed by atoms with van der Waals surface area (Å²) in [6.07, 6.45) is -0.630. The zero-order valence-electron chi connectivity index (χ0n) is 32.7. The number of likely N-dealkylation sites (N-methyl/N-ethyl adjacent to an activating group) is 1. The van der Waals surface area contributed by atoms with E-state index in [9.17, 15) is 33.6 Å². The molecule has 0 spiro atoms. The van der Waals surface area contributed by atoms with Crippen molar-refractivity contribution in [1.29, 1.82) is 0 Å². The Balaban J connectivity index is 1.76. The molecule has 1 saturated carbocycles. The van der Waals surface area contributed by atoms with Crippen LogP contribution in [0.2, 0.25) is 0 Å². The maximum Gasteiger partial charge on any atom is 0.408 e. The molecule has 3 rings (SSSR count). The van der Waals surface area contributed by atoms with E-state index < -0.39 is 77.2 Å². The fraction of sp³-hybridized carbons (Fsp3) is 0.658. The van der Waals surface area contributed by atoms with Gasteiger partial charge in [-0.2, -0.15) is 0 Å². The number of benzene rings is 1. The molecule has 0 radical (unpaired) electrons. The van der Waals surface area contributed by atoms with Crippen molar-refractivity contribution in [1.82, 2.24) is 31.1 Å². The molecule has 1 aromatic carbocycles. The second-order valence-electron chi connectivity index (χ2n) is 17.2. The number of ether oxygens (including phenoxy) is 1. The second kappa shape index (κ2) is 16.0. The smallest absolute Gasteiger partial charge is 0.408 e. The second-order valence-corrected chi connectivity index (χ2v) is 17.2. The maximum atomic E-state index is 14.2. The lowest BCUT2D eigenvalue weighted by molar-refractivity contribution is -0.145. The van der Waals surface area contributed by atoms with Crippen LogP contribution in [0.4, 0.5) is 4.79 Å². The molecule has 1 aliphatic heterocycles. The van der Waals surface area contributed by atoms with Gasteiger partial charge >= 0.3 is 6.09 Å². The Morgan fingerprint density at radius 2 is 1.52 bits per heavy atom. The number of alkyl carbamates (subject to hydrolysis) is 1. The van der Waals surface area contributed by atoms with Crippen LogP contribution in [0.3, 0.4) is 0 Å². The van der Waals surface area contributed by atoms with Gasteiger partial charge in [0.25, 0.3) is 5.91 Å². The predicted octanol–water partition coefficient (Wildman–Crippen LogP) is 2.57. The van der Waals surface area contributed by atoms with Crippen molar-refractivity contribution in [3.63, 3.8) is 0 Å². The lowest BCUT2D eigenvalue weighted by atomic mass is 9.85. The average Bonchev–Trinajstić information content (AvgIpc) is 3.33. The highest BCUT2D eigenvalue weighted by Crippen LogP contribution is 2.65. The fourth-order valence-electron chi connectivity index (χ4n) is 6.82. The quantitative estimate of drug-likeness (QED) is 0.177. The molecular formula is C38H58N6O8. The molecule has 1 saturated heterocycles. The molecule has 14 nitrogen and oxygen atoms in total. The number of carbonyl (C=O) groups excluding carboxylic acids is 7. The van der Waals surface area contributed by atoms with Crippen LogP contribution in [0.25, 0.3) is 0 Å². The van der Waals surface area contributed by atoms with Gasteiger partial charge in [-0.15, -0.1) is 0 Å². The van der Waals surface area contributed by atoms with Gasteiger partial charge < -0.3 is 35.8 Å². The summed E-state index contributed by atoms with van der Waals surface area (Å²) >= 11 is 0. The number of piperidine rings is 1. The monoisotopic (exact) mass is 727 g/mol. The summed E-state index contributed by atoms with van der Waals surface area (Å²) in [5.74, 6) is -4.39. The van der Waals surface area contributed by atoms with Crippen molar-refractivity contribution in [3.05, 3.63) is 35.9 Å². The van der Waals surface area contributed by atoms with E-state index in [1.807, 2.05) is 27.7 Å². The van der Waals surface area contributed by atoms with Crippen molar-refractivity contribution >= 4 is 41.4 Å². The molecule has 288 valence electrons. The van der Waals surface area contributed by atoms with E-state index in [-0.39, 0.29) is 42.0 Å². The number of ketones is 1. The van der Waals surface area contributed by atoms with Gasteiger partial charge in [0, 0.05) is 20.6 Å². The molecular weight excluding hydrogens is 669 g/mol. The van der Waals surface area contributed by atoms with Gasteiger partial charge in [-0.3, -0.25) is 28.8 Å². The van der Waals surface area contributed by atoms with Crippen molar-refractivity contribution in [2.75, 3.05) is 27.2 Å². The van der Waals surface area contributed by atoms with Crippen LogP contribution >= 0.6 is 0 Å². The Morgan fingerprint density at radius 3 is 2.04 bits per heavy atom. The Hall–Kier alpha value is -4.49. The van der Waals surface area contributed by atoms with E-state index in [1.54, 1.807) is 86.0 Å². The number of nitrogens with zero attached hydrogens (tertiary/aromatic N) is 2. The van der Waals surface area contributed by atoms with Gasteiger partial charge in [0.05, 0.1) is 12.6 Å². The summed E-state index contributed by atoms with van der Waals surface area (Å²) in [5, 5.41) is 10.4. The predicted molar refractivity (Wildman–Crippen MR) is 194 cm³/mol. The highest BCUT2D eigenvalue weighted by Gasteiger charge is 2.70. The first-order valence-corrected chi connectivity index (χ1v) is 17.8. The van der Waals surface area contributed by atoms with E-state index in [0.29, 0.717) is 5.56 Å². The first-order valence-electron chi connectivity index (χ1n) is 17.8. The molecule has 52 heavy (non-hydrogen) atoms. The molecule has 1 heterocycles. The Kier molecular flexibility index (Phi) is 12.9. The molecule has 1 aliphatic carbocycles. The van der Waals surface area contributed by atoms with Gasteiger partial charge in [-0.1, -0.05) is 78.8 Å². The molecule has 6 atom stereocenters. The van der Waals surface area contributed by atoms with Gasteiger partial charge in [0.2, 0.25) is 29.4 Å². The van der Waals surface area contributed by atoms with Crippen LogP contribution in [0.1, 0.15) is 87.3 Å². The lowest BCUT2D eigenvalue weighted by Gasteiger charge is -2.38. The van der Waals surface area contributed by atoms with Gasteiger partial charge in [-0.25, -0.2) is 4.79 Å². The molecule has 1 unspecified atom stereocenters. The van der Waals surface area contributed by atoms with Crippen LogP contribution in [0, 0.1) is 28.6 Å². The van der Waals surface area contributed by atoms with Crippen LogP contribution in [0.5, 0.6) is 0 Å². The minimum absolute atomic E-state index is 0.0227. The van der Waals surface area contributed by atoms with Crippen molar-refractivity contribution in [2.24, 2.45) is 28.6 Å². The summed E-state index contributed by atoms with van der Waals surface area (Å²) in [5.41, 5.74) is -1.23. The number of nitrogens with one attached hydrogen (secondary N) is 4. The zero-order valence-corrected chi connectivity index (χ0v) is 32.7. The van der Waals surface area contributed by atoms with E-state index >= 15 is 0 Å². The molecule has 2 aliphatic rings. The van der Waals surface area contributed by atoms with Gasteiger partial charge in [-0.05, 0) is 61.3 Å². The first-order chi connectivity index (χ1) is 23.9. The van der Waals surface area contributed by atoms with Crippen molar-refractivity contribution < 1.29 is 38.3 Å². The number of Topliss-reactive ketones (excluding diaryl/α,β-unsaturated/α-hetero) is 1. The number of carbonyl (C=O) groups is 7. The summed E-state index contributed by atoms with van der Waals surface area (Å²) in [7, 11) is 3.12.